The van der Waals surface area contributed by atoms with E-state index in [1.54, 1.807) is 0 Å². The third kappa shape index (κ3) is 7.76. The van der Waals surface area contributed by atoms with Crippen LogP contribution in [0.15, 0.2) is 0 Å². The molecule has 0 aromatic rings. The fraction of sp³-hybridized carbons (Fsp3) is 1.00. The largest absolute Gasteiger partial charge is 0.394 e. The number of ether oxygens (including phenoxy) is 1. The molecule has 1 rings (SSSR count). The van der Waals surface area contributed by atoms with Gasteiger partial charge in [0.2, 0.25) is 0 Å². The Kier molecular flexibility index (Phi) is 11.8. The number of nitrogens with one attached hydrogen (secondary N) is 1. The Morgan fingerprint density at radius 3 is 1.88 bits per heavy atom. The molecule has 6 heteroatoms. The predicted molar refractivity (Wildman–Crippen MR) is 93.6 cm³/mol. The molecule has 0 unspecified atom stereocenters. The summed E-state index contributed by atoms with van der Waals surface area (Å²) in [6.45, 7) is 2.47. The number of hydrogen-bond donors (Lipinski definition) is 5. The van der Waals surface area contributed by atoms with Gasteiger partial charge in [0.05, 0.1) is 12.6 Å². The van der Waals surface area contributed by atoms with E-state index in [1.807, 2.05) is 0 Å². The first-order valence-corrected chi connectivity index (χ1v) is 9.65. The summed E-state index contributed by atoms with van der Waals surface area (Å²) in [5, 5.41) is 41.8. The highest BCUT2D eigenvalue weighted by atomic mass is 16.6. The molecule has 24 heavy (non-hydrogen) atoms. The lowest BCUT2D eigenvalue weighted by molar-refractivity contribution is -0.254. The summed E-state index contributed by atoms with van der Waals surface area (Å²) in [5.41, 5.74) is 0. The van der Waals surface area contributed by atoms with Crippen molar-refractivity contribution in [2.75, 3.05) is 13.2 Å². The normalized spacial score (nSPS) is 30.6. The van der Waals surface area contributed by atoms with Crippen LogP contribution in [0.25, 0.3) is 0 Å². The van der Waals surface area contributed by atoms with Gasteiger partial charge in [-0.3, -0.25) is 0 Å². The van der Waals surface area contributed by atoms with Gasteiger partial charge >= 0.3 is 0 Å². The van der Waals surface area contributed by atoms with Crippen LogP contribution in [0.3, 0.4) is 0 Å². The van der Waals surface area contributed by atoms with Gasteiger partial charge in [-0.05, 0) is 13.0 Å². The maximum Gasteiger partial charge on any atom is 0.173 e. The van der Waals surface area contributed by atoms with Crippen molar-refractivity contribution < 1.29 is 25.2 Å². The second kappa shape index (κ2) is 13.0. The third-order valence-corrected chi connectivity index (χ3v) is 4.81. The van der Waals surface area contributed by atoms with Gasteiger partial charge in [-0.15, -0.1) is 0 Å². The Balaban J connectivity index is 2.02. The third-order valence-electron chi connectivity index (χ3n) is 4.81. The Bertz CT molecular complexity index is 305. The van der Waals surface area contributed by atoms with Crippen molar-refractivity contribution in [2.24, 2.45) is 0 Å². The van der Waals surface area contributed by atoms with E-state index >= 15 is 0 Å². The lowest BCUT2D eigenvalue weighted by Gasteiger charge is -2.40. The first kappa shape index (κ1) is 21.8. The highest BCUT2D eigenvalue weighted by molar-refractivity contribution is 4.92. The van der Waals surface area contributed by atoms with E-state index in [0.29, 0.717) is 6.54 Å². The van der Waals surface area contributed by atoms with Crippen LogP contribution in [-0.4, -0.2) is 64.2 Å². The van der Waals surface area contributed by atoms with Gasteiger partial charge < -0.3 is 30.5 Å². The van der Waals surface area contributed by atoms with E-state index in [0.717, 1.165) is 12.8 Å². The molecule has 0 aliphatic carbocycles. The molecule has 1 saturated heterocycles. The van der Waals surface area contributed by atoms with Crippen molar-refractivity contribution in [3.63, 3.8) is 0 Å². The van der Waals surface area contributed by atoms with Crippen molar-refractivity contribution >= 4 is 0 Å². The number of aliphatic hydroxyl groups is 4. The molecule has 0 amide bonds. The first-order chi connectivity index (χ1) is 11.6. The fourth-order valence-corrected chi connectivity index (χ4v) is 3.20. The smallest absolute Gasteiger partial charge is 0.173 e. The molecule has 144 valence electrons. The number of unbranched alkanes of at least 4 members (excludes halogenated alkanes) is 9. The van der Waals surface area contributed by atoms with Crippen molar-refractivity contribution in [2.45, 2.75) is 102 Å². The summed E-state index contributed by atoms with van der Waals surface area (Å²) in [7, 11) is 0. The maximum atomic E-state index is 10.0. The van der Waals surface area contributed by atoms with Gasteiger partial charge in [-0.2, -0.15) is 0 Å². The lowest BCUT2D eigenvalue weighted by atomic mass is 9.97. The summed E-state index contributed by atoms with van der Waals surface area (Å²) in [6, 6.07) is -0.721. The molecule has 0 spiro atoms. The minimum absolute atomic E-state index is 0.430. The summed E-state index contributed by atoms with van der Waals surface area (Å²) in [6.07, 6.45) is 8.04. The topological polar surface area (TPSA) is 102 Å². The number of hydrogen-bond acceptors (Lipinski definition) is 6. The molecule has 5 atom stereocenters. The Hall–Kier alpha value is -0.240. The molecule has 6 nitrogen and oxygen atoms in total. The molecule has 0 aromatic heterocycles. The molecule has 5 N–H and O–H groups in total. The van der Waals surface area contributed by atoms with Gasteiger partial charge in [-0.1, -0.05) is 64.7 Å². The second-order valence-electron chi connectivity index (χ2n) is 6.89. The molecule has 0 aromatic carbocycles. The number of aliphatic hydroxyl groups excluding tert-OH is 4. The van der Waals surface area contributed by atoms with Crippen molar-refractivity contribution in [1.29, 1.82) is 0 Å². The average Bonchev–Trinajstić information content (AvgIpc) is 2.58. The summed E-state index contributed by atoms with van der Waals surface area (Å²) in [5.74, 6) is 0. The Labute approximate surface area is 146 Å². The highest BCUT2D eigenvalue weighted by Gasteiger charge is 2.43. The molecule has 1 heterocycles. The molecule has 1 fully saturated rings. The van der Waals surface area contributed by atoms with Crippen LogP contribution < -0.4 is 5.32 Å². The Morgan fingerprint density at radius 2 is 1.33 bits per heavy atom. The van der Waals surface area contributed by atoms with Crippen LogP contribution in [0.4, 0.5) is 0 Å². The van der Waals surface area contributed by atoms with Crippen molar-refractivity contribution in [3.05, 3.63) is 0 Å². The summed E-state index contributed by atoms with van der Waals surface area (Å²) >= 11 is 0. The predicted octanol–water partition coefficient (Wildman–Crippen LogP) is 1.30. The minimum Gasteiger partial charge on any atom is -0.394 e. The molecule has 0 bridgehead atoms. The lowest BCUT2D eigenvalue weighted by Crippen LogP contribution is -2.63. The van der Waals surface area contributed by atoms with E-state index in [2.05, 4.69) is 12.2 Å². The van der Waals surface area contributed by atoms with Crippen LogP contribution in [0.1, 0.15) is 71.1 Å². The van der Waals surface area contributed by atoms with Gasteiger partial charge in [-0.25, -0.2) is 0 Å². The van der Waals surface area contributed by atoms with E-state index in [9.17, 15) is 15.3 Å². The number of rotatable bonds is 13. The van der Waals surface area contributed by atoms with Gasteiger partial charge in [0.25, 0.3) is 0 Å². The van der Waals surface area contributed by atoms with Crippen LogP contribution in [0.2, 0.25) is 0 Å². The maximum absolute atomic E-state index is 10.0. The zero-order valence-electron chi connectivity index (χ0n) is 15.1. The van der Waals surface area contributed by atoms with E-state index in [-0.39, 0.29) is 0 Å². The molecule has 1 aliphatic heterocycles. The summed E-state index contributed by atoms with van der Waals surface area (Å²) < 4.78 is 5.11. The van der Waals surface area contributed by atoms with Gasteiger partial charge in [0, 0.05) is 0 Å². The minimum atomic E-state index is -1.22. The SMILES string of the molecule is CCCCCCCCCCCCN[C@@H]1[C@@H](O)[C@H](O)[C@@H](CO)O[C@H]1O. The van der Waals surface area contributed by atoms with E-state index < -0.39 is 37.3 Å². The quantitative estimate of drug-likeness (QED) is 0.322. The van der Waals surface area contributed by atoms with Gasteiger partial charge in [0.15, 0.2) is 6.29 Å². The highest BCUT2D eigenvalue weighted by Crippen LogP contribution is 2.19. The van der Waals surface area contributed by atoms with Crippen LogP contribution in [0.5, 0.6) is 0 Å². The monoisotopic (exact) mass is 347 g/mol. The molecular formula is C18H37NO5. The first-order valence-electron chi connectivity index (χ1n) is 9.65. The standard InChI is InChI=1S/C18H37NO5/c1-2-3-4-5-6-7-8-9-10-11-12-19-15-17(22)16(21)14(13-20)24-18(15)23/h14-23H,2-13H2,1H3/t14-,15-,16-,17-,18-/m1/s1. The van der Waals surface area contributed by atoms with E-state index in [1.165, 1.54) is 51.4 Å². The molecule has 1 aliphatic rings. The van der Waals surface area contributed by atoms with Gasteiger partial charge in [0.1, 0.15) is 18.3 Å². The van der Waals surface area contributed by atoms with Crippen molar-refractivity contribution in [1.82, 2.24) is 5.32 Å². The van der Waals surface area contributed by atoms with Crippen LogP contribution >= 0.6 is 0 Å². The zero-order valence-corrected chi connectivity index (χ0v) is 15.1. The second-order valence-corrected chi connectivity index (χ2v) is 6.89. The van der Waals surface area contributed by atoms with Crippen molar-refractivity contribution in [3.8, 4) is 0 Å². The molecule has 0 saturated carbocycles. The Morgan fingerprint density at radius 1 is 0.792 bits per heavy atom. The van der Waals surface area contributed by atoms with Crippen LogP contribution in [0, 0.1) is 0 Å². The fourth-order valence-electron chi connectivity index (χ4n) is 3.20. The molecule has 0 radical (unpaired) electrons. The molecular weight excluding hydrogens is 310 g/mol. The average molecular weight is 347 g/mol. The van der Waals surface area contributed by atoms with E-state index in [4.69, 9.17) is 9.84 Å². The summed E-state index contributed by atoms with van der Waals surface area (Å²) in [4.78, 5) is 0. The van der Waals surface area contributed by atoms with Crippen LogP contribution in [-0.2, 0) is 4.74 Å². The zero-order chi connectivity index (χ0) is 17.8.